The van der Waals surface area contributed by atoms with Crippen LogP contribution in [0, 0.1) is 0 Å². The number of carboxylic acids is 1. The fraction of sp³-hybridized carbons (Fsp3) is 0.259. The number of benzene rings is 3. The molecular formula is C27H27F3N2O6S. The smallest absolute Gasteiger partial charge is 0.490 e. The number of hydrogen-bond donors (Lipinski definition) is 2. The number of rotatable bonds is 7. The first-order valence-corrected chi connectivity index (χ1v) is 12.3. The van der Waals surface area contributed by atoms with Gasteiger partial charge >= 0.3 is 18.1 Å². The summed E-state index contributed by atoms with van der Waals surface area (Å²) in [6.07, 6.45) is -4.97. The monoisotopic (exact) mass is 564 g/mol. The van der Waals surface area contributed by atoms with Gasteiger partial charge in [-0.2, -0.15) is 13.2 Å². The number of nitrogens with two attached hydrogens (primary N) is 1. The summed E-state index contributed by atoms with van der Waals surface area (Å²) in [5.41, 5.74) is 10.8. The van der Waals surface area contributed by atoms with Gasteiger partial charge in [0.25, 0.3) is 0 Å². The number of hydrogen-bond acceptors (Lipinski definition) is 8. The maximum Gasteiger partial charge on any atom is 0.490 e. The van der Waals surface area contributed by atoms with E-state index >= 15 is 0 Å². The summed E-state index contributed by atoms with van der Waals surface area (Å²) in [6, 6.07) is 17.5. The molecule has 3 aromatic rings. The number of carbonyl (C=O) groups is 2. The lowest BCUT2D eigenvalue weighted by atomic mass is 10.1. The van der Waals surface area contributed by atoms with Gasteiger partial charge in [-0.15, -0.1) is 0 Å². The third kappa shape index (κ3) is 6.95. The number of halogens is 3. The van der Waals surface area contributed by atoms with Gasteiger partial charge in [0.15, 0.2) is 0 Å². The molecular weight excluding hydrogens is 537 g/mol. The van der Waals surface area contributed by atoms with Crippen LogP contribution in [0.3, 0.4) is 0 Å². The first-order chi connectivity index (χ1) is 18.5. The highest BCUT2D eigenvalue weighted by Gasteiger charge is 2.38. The van der Waals surface area contributed by atoms with Crippen molar-refractivity contribution in [3.8, 4) is 11.5 Å². The number of alkyl halides is 3. The Morgan fingerprint density at radius 3 is 1.92 bits per heavy atom. The van der Waals surface area contributed by atoms with Crippen molar-refractivity contribution in [1.29, 1.82) is 0 Å². The minimum atomic E-state index is -5.08. The number of esters is 1. The number of carboxylic acid groups (broad SMARTS) is 1. The Hall–Kier alpha value is -3.90. The standard InChI is InChI=1S/C25H26N2O4S.C2HF3O2/c1-27-19-9-11-21(29-2)17(13-23(28)31-15-16-7-5-4-6-8-16)24(19)32-25-18(14-26)22(30-3)12-10-20(25)27;3-2(4,5)1(6)7/h4-12H,13-15,26H2,1-3H3;(H,6,7). The van der Waals surface area contributed by atoms with E-state index in [2.05, 4.69) is 4.90 Å². The van der Waals surface area contributed by atoms with E-state index in [1.165, 1.54) is 0 Å². The predicted molar refractivity (Wildman–Crippen MR) is 140 cm³/mol. The number of nitrogens with zero attached hydrogens (tertiary/aromatic N) is 1. The van der Waals surface area contributed by atoms with Crippen molar-refractivity contribution >= 4 is 35.1 Å². The van der Waals surface area contributed by atoms with Crippen LogP contribution >= 0.6 is 11.8 Å². The minimum absolute atomic E-state index is 0.108. The second-order valence-corrected chi connectivity index (χ2v) is 9.20. The minimum Gasteiger partial charge on any atom is -0.496 e. The van der Waals surface area contributed by atoms with Crippen LogP contribution in [0.15, 0.2) is 64.4 Å². The van der Waals surface area contributed by atoms with Crippen molar-refractivity contribution in [2.45, 2.75) is 35.5 Å². The van der Waals surface area contributed by atoms with Gasteiger partial charge in [0, 0.05) is 34.5 Å². The van der Waals surface area contributed by atoms with Gasteiger partial charge in [-0.1, -0.05) is 42.1 Å². The van der Waals surface area contributed by atoms with Gasteiger partial charge < -0.3 is 30.0 Å². The zero-order chi connectivity index (χ0) is 28.7. The number of fused-ring (bicyclic) bond motifs is 2. The van der Waals surface area contributed by atoms with Gasteiger partial charge in [-0.25, -0.2) is 4.79 Å². The molecule has 1 aliphatic heterocycles. The summed E-state index contributed by atoms with van der Waals surface area (Å²) in [6.45, 7) is 0.586. The van der Waals surface area contributed by atoms with E-state index in [1.54, 1.807) is 26.0 Å². The topological polar surface area (TPSA) is 111 Å². The average molecular weight is 565 g/mol. The van der Waals surface area contributed by atoms with Gasteiger partial charge in [0.05, 0.1) is 32.0 Å². The van der Waals surface area contributed by atoms with E-state index in [0.717, 1.165) is 43.6 Å². The molecule has 0 aliphatic carbocycles. The normalized spacial score (nSPS) is 11.9. The van der Waals surface area contributed by atoms with Crippen molar-refractivity contribution in [3.05, 3.63) is 71.3 Å². The van der Waals surface area contributed by atoms with Crippen molar-refractivity contribution in [1.82, 2.24) is 0 Å². The van der Waals surface area contributed by atoms with Crippen LogP contribution in [0.2, 0.25) is 0 Å². The van der Waals surface area contributed by atoms with Gasteiger partial charge in [0.1, 0.15) is 18.1 Å². The Balaban J connectivity index is 0.000000532. The van der Waals surface area contributed by atoms with E-state index in [0.29, 0.717) is 12.3 Å². The van der Waals surface area contributed by atoms with Crippen molar-refractivity contribution < 1.29 is 42.1 Å². The molecule has 3 aromatic carbocycles. The van der Waals surface area contributed by atoms with Crippen molar-refractivity contribution in [3.63, 3.8) is 0 Å². The third-order valence-corrected chi connectivity index (χ3v) is 7.09. The second kappa shape index (κ2) is 12.8. The van der Waals surface area contributed by atoms with E-state index in [1.807, 2.05) is 61.6 Å². The highest BCUT2D eigenvalue weighted by atomic mass is 32.2. The van der Waals surface area contributed by atoms with Gasteiger partial charge in [0.2, 0.25) is 0 Å². The Bertz CT molecular complexity index is 1340. The van der Waals surface area contributed by atoms with Gasteiger partial charge in [-0.3, -0.25) is 4.79 Å². The molecule has 3 N–H and O–H groups in total. The zero-order valence-corrected chi connectivity index (χ0v) is 22.2. The molecule has 0 aromatic heterocycles. The molecule has 0 radical (unpaired) electrons. The lowest BCUT2D eigenvalue weighted by Crippen LogP contribution is -2.21. The van der Waals surface area contributed by atoms with Gasteiger partial charge in [-0.05, 0) is 29.8 Å². The van der Waals surface area contributed by atoms with Crippen LogP contribution in [0.5, 0.6) is 11.5 Å². The molecule has 0 atom stereocenters. The maximum atomic E-state index is 12.7. The summed E-state index contributed by atoms with van der Waals surface area (Å²) < 4.78 is 48.4. The highest BCUT2D eigenvalue weighted by Crippen LogP contribution is 2.53. The first-order valence-electron chi connectivity index (χ1n) is 11.5. The van der Waals surface area contributed by atoms with Crippen LogP contribution in [-0.4, -0.2) is 44.5 Å². The summed E-state index contributed by atoms with van der Waals surface area (Å²) in [7, 11) is 5.26. The average Bonchev–Trinajstić information content (AvgIpc) is 2.92. The molecule has 39 heavy (non-hydrogen) atoms. The molecule has 1 aliphatic rings. The summed E-state index contributed by atoms with van der Waals surface area (Å²) in [4.78, 5) is 25.7. The van der Waals surface area contributed by atoms with E-state index in [-0.39, 0.29) is 19.0 Å². The summed E-state index contributed by atoms with van der Waals surface area (Å²) >= 11 is 1.59. The fourth-order valence-electron chi connectivity index (χ4n) is 3.86. The van der Waals surface area contributed by atoms with E-state index in [9.17, 15) is 18.0 Å². The second-order valence-electron chi connectivity index (χ2n) is 8.18. The van der Waals surface area contributed by atoms with E-state index in [4.69, 9.17) is 29.8 Å². The Morgan fingerprint density at radius 1 is 0.923 bits per heavy atom. The number of anilines is 2. The lowest BCUT2D eigenvalue weighted by molar-refractivity contribution is -0.192. The third-order valence-electron chi connectivity index (χ3n) is 5.77. The number of aliphatic carboxylic acids is 1. The van der Waals surface area contributed by atoms with E-state index < -0.39 is 12.1 Å². The number of methoxy groups -OCH3 is 2. The Kier molecular flexibility index (Phi) is 9.71. The first kappa shape index (κ1) is 29.7. The molecule has 0 fully saturated rings. The number of ether oxygens (including phenoxy) is 3. The highest BCUT2D eigenvalue weighted by molar-refractivity contribution is 7.99. The maximum absolute atomic E-state index is 12.7. The summed E-state index contributed by atoms with van der Waals surface area (Å²) in [5, 5.41) is 7.12. The molecule has 0 unspecified atom stereocenters. The van der Waals surface area contributed by atoms with Crippen LogP contribution < -0.4 is 20.1 Å². The molecule has 8 nitrogen and oxygen atoms in total. The van der Waals surface area contributed by atoms with Crippen LogP contribution in [0.25, 0.3) is 0 Å². The van der Waals surface area contributed by atoms with Crippen molar-refractivity contribution in [2.24, 2.45) is 5.73 Å². The molecule has 0 saturated heterocycles. The molecule has 12 heteroatoms. The Morgan fingerprint density at radius 2 is 1.44 bits per heavy atom. The van der Waals surface area contributed by atoms with Crippen molar-refractivity contribution in [2.75, 3.05) is 26.2 Å². The molecule has 0 bridgehead atoms. The van der Waals surface area contributed by atoms with Crippen LogP contribution in [-0.2, 0) is 33.9 Å². The molecule has 208 valence electrons. The molecule has 4 rings (SSSR count). The quantitative estimate of drug-likeness (QED) is 0.369. The van der Waals surface area contributed by atoms with Crippen LogP contribution in [0.4, 0.5) is 24.5 Å². The molecule has 0 saturated carbocycles. The Labute approximate surface area is 227 Å². The molecule has 1 heterocycles. The molecule has 0 spiro atoms. The fourth-order valence-corrected chi connectivity index (χ4v) is 5.29. The summed E-state index contributed by atoms with van der Waals surface area (Å²) in [5.74, 6) is -1.66. The largest absolute Gasteiger partial charge is 0.496 e. The lowest BCUT2D eigenvalue weighted by Gasteiger charge is -2.33. The number of carbonyl (C=O) groups excluding carboxylic acids is 1. The zero-order valence-electron chi connectivity index (χ0n) is 21.4. The van der Waals surface area contributed by atoms with Crippen LogP contribution in [0.1, 0.15) is 16.7 Å². The predicted octanol–water partition coefficient (Wildman–Crippen LogP) is 5.31. The molecule has 0 amide bonds. The SMILES string of the molecule is COc1ccc2c(c1CN)Sc1c(ccc(OC)c1CC(=O)OCc1ccccc1)N2C.O=C(O)C(F)(F)F.